The molecule has 0 aliphatic carbocycles. The van der Waals surface area contributed by atoms with Gasteiger partial charge >= 0.3 is 0 Å². The van der Waals surface area contributed by atoms with Crippen LogP contribution in [0.25, 0.3) is 0 Å². The zero-order valence-electron chi connectivity index (χ0n) is 12.9. The van der Waals surface area contributed by atoms with E-state index in [-0.39, 0.29) is 23.9 Å². The van der Waals surface area contributed by atoms with E-state index in [1.807, 2.05) is 0 Å². The molecule has 1 aliphatic rings. The monoisotopic (exact) mass is 331 g/mol. The van der Waals surface area contributed by atoms with Crippen LogP contribution < -0.4 is 15.8 Å². The van der Waals surface area contributed by atoms with Gasteiger partial charge in [-0.1, -0.05) is 6.07 Å². The number of carbonyl (C=O) groups is 1. The van der Waals surface area contributed by atoms with Crippen molar-refractivity contribution in [2.24, 2.45) is 0 Å². The number of carbonyl (C=O) groups excluding carboxylic acids is 1. The number of nitrogens with two attached hydrogens (primary N) is 1. The summed E-state index contributed by atoms with van der Waals surface area (Å²) in [6.45, 7) is 0.851. The Morgan fingerprint density at radius 3 is 3.00 bits per heavy atom. The second-order valence-electron chi connectivity index (χ2n) is 5.53. The molecule has 6 nitrogen and oxygen atoms in total. The first-order valence-electron chi connectivity index (χ1n) is 7.64. The van der Waals surface area contributed by atoms with E-state index in [9.17, 15) is 9.18 Å². The Hall–Kier alpha value is -2.67. The molecule has 1 fully saturated rings. The number of nitrogens with one attached hydrogen (secondary N) is 1. The highest BCUT2D eigenvalue weighted by Crippen LogP contribution is 2.19. The summed E-state index contributed by atoms with van der Waals surface area (Å²) in [6.07, 6.45) is 1.71. The molecule has 0 unspecified atom stereocenters. The van der Waals surface area contributed by atoms with E-state index < -0.39 is 0 Å². The fourth-order valence-electron chi connectivity index (χ4n) is 2.50. The lowest BCUT2D eigenvalue weighted by Gasteiger charge is -2.32. The second-order valence-corrected chi connectivity index (χ2v) is 5.53. The summed E-state index contributed by atoms with van der Waals surface area (Å²) in [6, 6.07) is 8.75. The summed E-state index contributed by atoms with van der Waals surface area (Å²) in [5, 5.41) is 2.88. The Morgan fingerprint density at radius 2 is 2.25 bits per heavy atom. The van der Waals surface area contributed by atoms with E-state index in [4.69, 9.17) is 15.2 Å². The lowest BCUT2D eigenvalue weighted by atomic mass is 10.1. The van der Waals surface area contributed by atoms with Gasteiger partial charge in [-0.2, -0.15) is 0 Å². The third-order valence-electron chi connectivity index (χ3n) is 3.74. The highest BCUT2D eigenvalue weighted by Gasteiger charge is 2.29. The maximum atomic E-state index is 13.3. The maximum absolute atomic E-state index is 13.3. The number of rotatable bonds is 4. The molecule has 24 heavy (non-hydrogen) atoms. The molecule has 1 amide bonds. The summed E-state index contributed by atoms with van der Waals surface area (Å²) in [7, 11) is 0. The molecule has 1 aromatic carbocycles. The van der Waals surface area contributed by atoms with Gasteiger partial charge in [-0.3, -0.25) is 4.79 Å². The van der Waals surface area contributed by atoms with Gasteiger partial charge in [0.05, 0.1) is 24.8 Å². The highest BCUT2D eigenvalue weighted by atomic mass is 19.1. The molecule has 3 rings (SSSR count). The standard InChI is InChI=1S/C17H18FN3O3/c18-12-2-1-3-13(8-12)24-15-6-7-23-10-14(15)21-17(22)11-4-5-16(19)20-9-11/h1-5,8-9,14-15H,6-7,10H2,(H2,19,20)(H,21,22)/t14-,15+/m1/s1. The fourth-order valence-corrected chi connectivity index (χ4v) is 2.50. The summed E-state index contributed by atoms with van der Waals surface area (Å²) >= 11 is 0. The van der Waals surface area contributed by atoms with Crippen LogP contribution in [0.1, 0.15) is 16.8 Å². The molecule has 7 heteroatoms. The number of nitrogen functional groups attached to an aromatic ring is 1. The van der Waals surface area contributed by atoms with Gasteiger partial charge in [0.1, 0.15) is 23.5 Å². The molecule has 1 aromatic heterocycles. The van der Waals surface area contributed by atoms with Crippen LogP contribution in [0.4, 0.5) is 10.2 Å². The maximum Gasteiger partial charge on any atom is 0.253 e. The van der Waals surface area contributed by atoms with E-state index in [0.29, 0.717) is 36.8 Å². The van der Waals surface area contributed by atoms with Crippen molar-refractivity contribution in [3.8, 4) is 5.75 Å². The van der Waals surface area contributed by atoms with Gasteiger partial charge < -0.3 is 20.5 Å². The number of ether oxygens (including phenoxy) is 2. The molecule has 0 radical (unpaired) electrons. The van der Waals surface area contributed by atoms with Crippen molar-refractivity contribution in [3.63, 3.8) is 0 Å². The highest BCUT2D eigenvalue weighted by molar-refractivity contribution is 5.94. The van der Waals surface area contributed by atoms with Gasteiger partial charge in [-0.25, -0.2) is 9.37 Å². The Bertz CT molecular complexity index is 708. The molecule has 1 aliphatic heterocycles. The molecule has 0 bridgehead atoms. The van der Waals surface area contributed by atoms with Crippen molar-refractivity contribution in [1.82, 2.24) is 10.3 Å². The Kier molecular flexibility index (Phi) is 4.90. The van der Waals surface area contributed by atoms with Gasteiger partial charge in [0, 0.05) is 18.7 Å². The van der Waals surface area contributed by atoms with E-state index in [2.05, 4.69) is 10.3 Å². The zero-order chi connectivity index (χ0) is 16.9. The first-order chi connectivity index (χ1) is 11.6. The van der Waals surface area contributed by atoms with Gasteiger partial charge in [0.25, 0.3) is 5.91 Å². The first-order valence-corrected chi connectivity index (χ1v) is 7.64. The quantitative estimate of drug-likeness (QED) is 0.892. The van der Waals surface area contributed by atoms with Crippen LogP contribution in [0.2, 0.25) is 0 Å². The molecule has 3 N–H and O–H groups in total. The lowest BCUT2D eigenvalue weighted by Crippen LogP contribution is -2.51. The summed E-state index contributed by atoms with van der Waals surface area (Å²) in [5.41, 5.74) is 5.92. The molecule has 0 spiro atoms. The fraction of sp³-hybridized carbons (Fsp3) is 0.294. The SMILES string of the molecule is Nc1ccc(C(=O)N[C@@H]2COCC[C@@H]2Oc2cccc(F)c2)cn1. The molecular formula is C17H18FN3O3. The van der Waals surface area contributed by atoms with Gasteiger partial charge in [-0.15, -0.1) is 0 Å². The number of amides is 1. The van der Waals surface area contributed by atoms with Crippen molar-refractivity contribution in [1.29, 1.82) is 0 Å². The first kappa shape index (κ1) is 16.2. The summed E-state index contributed by atoms with van der Waals surface area (Å²) < 4.78 is 24.6. The number of nitrogens with zero attached hydrogens (tertiary/aromatic N) is 1. The van der Waals surface area contributed by atoms with Crippen molar-refractivity contribution in [2.45, 2.75) is 18.6 Å². The smallest absolute Gasteiger partial charge is 0.253 e. The van der Waals surface area contributed by atoms with Crippen LogP contribution in [0.3, 0.4) is 0 Å². The number of hydrogen-bond donors (Lipinski definition) is 2. The number of pyridine rings is 1. The van der Waals surface area contributed by atoms with Crippen molar-refractivity contribution < 1.29 is 18.7 Å². The molecule has 2 atom stereocenters. The van der Waals surface area contributed by atoms with E-state index in [0.717, 1.165) is 0 Å². The molecule has 126 valence electrons. The molecule has 2 heterocycles. The van der Waals surface area contributed by atoms with Gasteiger partial charge in [-0.05, 0) is 24.3 Å². The molecule has 0 saturated carbocycles. The average Bonchev–Trinajstić information content (AvgIpc) is 2.57. The number of benzene rings is 1. The third-order valence-corrected chi connectivity index (χ3v) is 3.74. The van der Waals surface area contributed by atoms with E-state index in [1.54, 1.807) is 24.3 Å². The second kappa shape index (κ2) is 7.27. The van der Waals surface area contributed by atoms with Crippen LogP contribution in [0.5, 0.6) is 5.75 Å². The number of hydrogen-bond acceptors (Lipinski definition) is 5. The average molecular weight is 331 g/mol. The van der Waals surface area contributed by atoms with Crippen LogP contribution in [-0.4, -0.2) is 36.3 Å². The summed E-state index contributed by atoms with van der Waals surface area (Å²) in [4.78, 5) is 16.2. The minimum atomic E-state index is -0.368. The number of anilines is 1. The predicted octanol–water partition coefficient (Wildman–Crippen LogP) is 1.77. The minimum Gasteiger partial charge on any atom is -0.488 e. The Balaban J connectivity index is 1.67. The Morgan fingerprint density at radius 1 is 1.38 bits per heavy atom. The van der Waals surface area contributed by atoms with Crippen molar-refractivity contribution in [3.05, 3.63) is 54.0 Å². The van der Waals surface area contributed by atoms with Gasteiger partial charge in [0.2, 0.25) is 0 Å². The zero-order valence-corrected chi connectivity index (χ0v) is 12.9. The van der Waals surface area contributed by atoms with Crippen molar-refractivity contribution >= 4 is 11.7 Å². The van der Waals surface area contributed by atoms with Crippen LogP contribution in [0.15, 0.2) is 42.6 Å². The molecular weight excluding hydrogens is 313 g/mol. The summed E-state index contributed by atoms with van der Waals surface area (Å²) in [5.74, 6) is 0.120. The Labute approximate surface area is 138 Å². The van der Waals surface area contributed by atoms with E-state index >= 15 is 0 Å². The predicted molar refractivity (Wildman–Crippen MR) is 86.2 cm³/mol. The van der Waals surface area contributed by atoms with Crippen LogP contribution in [-0.2, 0) is 4.74 Å². The number of halogens is 1. The largest absolute Gasteiger partial charge is 0.488 e. The van der Waals surface area contributed by atoms with Crippen LogP contribution >= 0.6 is 0 Å². The molecule has 2 aromatic rings. The van der Waals surface area contributed by atoms with E-state index in [1.165, 1.54) is 18.3 Å². The van der Waals surface area contributed by atoms with Crippen molar-refractivity contribution in [2.75, 3.05) is 18.9 Å². The van der Waals surface area contributed by atoms with Gasteiger partial charge in [0.15, 0.2) is 0 Å². The molecule has 1 saturated heterocycles. The van der Waals surface area contributed by atoms with Crippen LogP contribution in [0, 0.1) is 5.82 Å². The normalized spacial score (nSPS) is 20.4. The number of aromatic nitrogens is 1. The minimum absolute atomic E-state index is 0.286. The topological polar surface area (TPSA) is 86.5 Å². The lowest BCUT2D eigenvalue weighted by molar-refractivity contribution is -0.00298. The third kappa shape index (κ3) is 3.99.